The second-order valence-electron chi connectivity index (χ2n) is 13.4. The van der Waals surface area contributed by atoms with Crippen molar-refractivity contribution < 1.29 is 4.42 Å². The van der Waals surface area contributed by atoms with Crippen LogP contribution < -0.4 is 9.80 Å². The molecular formula is C50H34N2O. The zero-order chi connectivity index (χ0) is 35.1. The van der Waals surface area contributed by atoms with E-state index < -0.39 is 0 Å². The average molecular weight is 679 g/mol. The SMILES string of the molecule is c1ccc(N(c2cc(-c3ccccc3N(c3ccccc3)c3ccccc3)c3c(ccc4ccccc43)c2)c2ccc3c(c2)oc2ccccc23)cc1. The second kappa shape index (κ2) is 12.9. The molecule has 3 heteroatoms. The first kappa shape index (κ1) is 30.7. The summed E-state index contributed by atoms with van der Waals surface area (Å²) in [5.41, 5.74) is 10.5. The summed E-state index contributed by atoms with van der Waals surface area (Å²) < 4.78 is 6.42. The van der Waals surface area contributed by atoms with Crippen LogP contribution in [0, 0.1) is 0 Å². The van der Waals surface area contributed by atoms with E-state index in [0.717, 1.165) is 67.2 Å². The van der Waals surface area contributed by atoms with Crippen LogP contribution in [-0.2, 0) is 0 Å². The summed E-state index contributed by atoms with van der Waals surface area (Å²) in [6.07, 6.45) is 0. The zero-order valence-corrected chi connectivity index (χ0v) is 28.9. The number of furan rings is 1. The molecule has 0 aliphatic carbocycles. The molecule has 0 bridgehead atoms. The van der Waals surface area contributed by atoms with E-state index in [2.05, 4.69) is 204 Å². The lowest BCUT2D eigenvalue weighted by molar-refractivity contribution is 0.669. The Hall–Kier alpha value is -7.10. The molecule has 10 rings (SSSR count). The minimum absolute atomic E-state index is 0.864. The van der Waals surface area contributed by atoms with Crippen LogP contribution in [0.5, 0.6) is 0 Å². The fourth-order valence-electron chi connectivity index (χ4n) is 7.83. The molecule has 0 fully saturated rings. The number of para-hydroxylation sites is 5. The summed E-state index contributed by atoms with van der Waals surface area (Å²) >= 11 is 0. The molecule has 1 aromatic heterocycles. The molecule has 0 saturated carbocycles. The van der Waals surface area contributed by atoms with E-state index in [-0.39, 0.29) is 0 Å². The van der Waals surface area contributed by atoms with Crippen molar-refractivity contribution in [1.82, 2.24) is 0 Å². The summed E-state index contributed by atoms with van der Waals surface area (Å²) in [6, 6.07) is 73.5. The summed E-state index contributed by atoms with van der Waals surface area (Å²) in [6.45, 7) is 0. The predicted molar refractivity (Wildman–Crippen MR) is 224 cm³/mol. The Balaban J connectivity index is 1.26. The van der Waals surface area contributed by atoms with Gasteiger partial charge in [-0.25, -0.2) is 0 Å². The number of rotatable bonds is 7. The molecule has 1 heterocycles. The van der Waals surface area contributed by atoms with E-state index in [1.165, 1.54) is 21.5 Å². The van der Waals surface area contributed by atoms with Crippen molar-refractivity contribution in [1.29, 1.82) is 0 Å². The van der Waals surface area contributed by atoms with Gasteiger partial charge in [0, 0.05) is 50.8 Å². The van der Waals surface area contributed by atoms with Crippen LogP contribution in [0.2, 0.25) is 0 Å². The van der Waals surface area contributed by atoms with Crippen molar-refractivity contribution in [3.8, 4) is 11.1 Å². The van der Waals surface area contributed by atoms with Crippen LogP contribution in [0.1, 0.15) is 0 Å². The first-order valence-corrected chi connectivity index (χ1v) is 18.0. The topological polar surface area (TPSA) is 19.6 Å². The van der Waals surface area contributed by atoms with Crippen LogP contribution in [0.3, 0.4) is 0 Å². The Kier molecular flexibility index (Phi) is 7.47. The molecule has 0 radical (unpaired) electrons. The molecule has 0 aliphatic rings. The molecular weight excluding hydrogens is 645 g/mol. The van der Waals surface area contributed by atoms with Crippen molar-refractivity contribution >= 4 is 77.6 Å². The Morgan fingerprint density at radius 3 is 1.60 bits per heavy atom. The number of anilines is 6. The van der Waals surface area contributed by atoms with Crippen molar-refractivity contribution in [3.05, 3.63) is 206 Å². The summed E-state index contributed by atoms with van der Waals surface area (Å²) in [5, 5.41) is 7.06. The molecule has 9 aromatic carbocycles. The van der Waals surface area contributed by atoms with Crippen LogP contribution >= 0.6 is 0 Å². The molecule has 0 aliphatic heterocycles. The van der Waals surface area contributed by atoms with E-state index in [1.807, 2.05) is 12.1 Å². The molecule has 0 saturated heterocycles. The standard InChI is InChI=1S/C50H34N2O/c1-4-17-37(18-5-1)51(40-30-31-45-44-25-13-15-27-48(44)53-49(45)34-40)41-32-36-29-28-35-16-10-11-23-42(35)50(36)46(33-41)43-24-12-14-26-47(43)52(38-19-6-2-7-20-38)39-21-8-3-9-22-39/h1-34H. The minimum Gasteiger partial charge on any atom is -0.456 e. The second-order valence-corrected chi connectivity index (χ2v) is 13.4. The number of hydrogen-bond donors (Lipinski definition) is 0. The van der Waals surface area contributed by atoms with Gasteiger partial charge in [-0.1, -0.05) is 127 Å². The third-order valence-corrected chi connectivity index (χ3v) is 10.2. The number of nitrogens with zero attached hydrogens (tertiary/aromatic N) is 2. The van der Waals surface area contributed by atoms with Crippen molar-refractivity contribution in [2.45, 2.75) is 0 Å². The van der Waals surface area contributed by atoms with Crippen molar-refractivity contribution in [2.75, 3.05) is 9.80 Å². The third kappa shape index (κ3) is 5.38. The third-order valence-electron chi connectivity index (χ3n) is 10.2. The van der Waals surface area contributed by atoms with Crippen molar-refractivity contribution in [3.63, 3.8) is 0 Å². The highest BCUT2D eigenvalue weighted by Gasteiger charge is 2.22. The molecule has 53 heavy (non-hydrogen) atoms. The number of benzene rings is 9. The van der Waals surface area contributed by atoms with E-state index in [0.29, 0.717) is 0 Å². The largest absolute Gasteiger partial charge is 0.456 e. The molecule has 0 atom stereocenters. The molecule has 0 unspecified atom stereocenters. The van der Waals surface area contributed by atoms with Crippen LogP contribution in [0.4, 0.5) is 34.1 Å². The smallest absolute Gasteiger partial charge is 0.137 e. The molecule has 10 aromatic rings. The highest BCUT2D eigenvalue weighted by Crippen LogP contribution is 2.47. The van der Waals surface area contributed by atoms with Gasteiger partial charge in [-0.05, 0) is 99.9 Å². The van der Waals surface area contributed by atoms with Crippen LogP contribution in [0.15, 0.2) is 211 Å². The van der Waals surface area contributed by atoms with Gasteiger partial charge in [-0.15, -0.1) is 0 Å². The average Bonchev–Trinajstić information content (AvgIpc) is 3.60. The Morgan fingerprint density at radius 1 is 0.302 bits per heavy atom. The van der Waals surface area contributed by atoms with Gasteiger partial charge in [0.1, 0.15) is 11.2 Å². The van der Waals surface area contributed by atoms with Gasteiger partial charge in [0.25, 0.3) is 0 Å². The van der Waals surface area contributed by atoms with Crippen LogP contribution in [0.25, 0.3) is 54.6 Å². The normalized spacial score (nSPS) is 11.4. The van der Waals surface area contributed by atoms with Gasteiger partial charge in [-0.2, -0.15) is 0 Å². The fraction of sp³-hybridized carbons (Fsp3) is 0. The zero-order valence-electron chi connectivity index (χ0n) is 28.9. The first-order chi connectivity index (χ1) is 26.3. The van der Waals surface area contributed by atoms with Gasteiger partial charge in [0.2, 0.25) is 0 Å². The Morgan fingerprint density at radius 2 is 0.868 bits per heavy atom. The maximum absolute atomic E-state index is 6.42. The van der Waals surface area contributed by atoms with E-state index in [1.54, 1.807) is 0 Å². The van der Waals surface area contributed by atoms with Gasteiger partial charge in [0.05, 0.1) is 5.69 Å². The highest BCUT2D eigenvalue weighted by atomic mass is 16.3. The molecule has 0 N–H and O–H groups in total. The highest BCUT2D eigenvalue weighted by molar-refractivity contribution is 6.17. The van der Waals surface area contributed by atoms with Gasteiger partial charge < -0.3 is 14.2 Å². The molecule has 0 spiro atoms. The molecule has 3 nitrogen and oxygen atoms in total. The maximum Gasteiger partial charge on any atom is 0.137 e. The van der Waals surface area contributed by atoms with E-state index in [9.17, 15) is 0 Å². The lowest BCUT2D eigenvalue weighted by Crippen LogP contribution is -2.12. The van der Waals surface area contributed by atoms with E-state index >= 15 is 0 Å². The number of hydrogen-bond acceptors (Lipinski definition) is 3. The minimum atomic E-state index is 0.864. The van der Waals surface area contributed by atoms with Gasteiger partial charge >= 0.3 is 0 Å². The lowest BCUT2D eigenvalue weighted by atomic mass is 9.91. The quantitative estimate of drug-likeness (QED) is 0.156. The molecule has 0 amide bonds. The molecule has 250 valence electrons. The maximum atomic E-state index is 6.42. The lowest BCUT2D eigenvalue weighted by Gasteiger charge is -2.29. The Labute approximate surface area is 308 Å². The van der Waals surface area contributed by atoms with Crippen LogP contribution in [-0.4, -0.2) is 0 Å². The first-order valence-electron chi connectivity index (χ1n) is 18.0. The summed E-state index contributed by atoms with van der Waals surface area (Å²) in [7, 11) is 0. The predicted octanol–water partition coefficient (Wildman–Crippen LogP) is 14.5. The van der Waals surface area contributed by atoms with Gasteiger partial charge in [-0.3, -0.25) is 0 Å². The number of fused-ring (bicyclic) bond motifs is 6. The monoisotopic (exact) mass is 678 g/mol. The van der Waals surface area contributed by atoms with Gasteiger partial charge in [0.15, 0.2) is 0 Å². The van der Waals surface area contributed by atoms with E-state index in [4.69, 9.17) is 4.42 Å². The summed E-state index contributed by atoms with van der Waals surface area (Å²) in [5.74, 6) is 0. The fourth-order valence-corrected chi connectivity index (χ4v) is 7.83. The van der Waals surface area contributed by atoms with Crippen molar-refractivity contribution in [2.24, 2.45) is 0 Å². The Bertz CT molecular complexity index is 2860. The summed E-state index contributed by atoms with van der Waals surface area (Å²) in [4.78, 5) is 4.71.